The molecule has 1 amide bonds. The molecule has 0 fully saturated rings. The highest BCUT2D eigenvalue weighted by Gasteiger charge is 2.15. The molecule has 0 aliphatic carbocycles. The quantitative estimate of drug-likeness (QED) is 0.843. The van der Waals surface area contributed by atoms with Crippen LogP contribution in [0.1, 0.15) is 22.0 Å². The number of nitrogens with one attached hydrogen (secondary N) is 1. The number of rotatable bonds is 6. The number of benzene rings is 1. The van der Waals surface area contributed by atoms with Crippen molar-refractivity contribution in [1.29, 1.82) is 0 Å². The maximum atomic E-state index is 11.4. The van der Waals surface area contributed by atoms with E-state index in [9.17, 15) is 4.79 Å². The van der Waals surface area contributed by atoms with Crippen LogP contribution in [0.3, 0.4) is 0 Å². The lowest BCUT2D eigenvalue weighted by atomic mass is 10.1. The highest BCUT2D eigenvalue weighted by Crippen LogP contribution is 2.22. The molecule has 8 heteroatoms. The van der Waals surface area contributed by atoms with E-state index in [1.807, 2.05) is 12.1 Å². The molecule has 2 rings (SSSR count). The Morgan fingerprint density at radius 1 is 1.36 bits per heavy atom. The van der Waals surface area contributed by atoms with Crippen LogP contribution in [-0.2, 0) is 4.74 Å². The third-order valence-corrected chi connectivity index (χ3v) is 3.41. The fourth-order valence-electron chi connectivity index (χ4n) is 1.92. The number of ether oxygens (including phenoxy) is 1. The van der Waals surface area contributed by atoms with Gasteiger partial charge in [-0.2, -0.15) is 0 Å². The number of hydrogen-bond donors (Lipinski definition) is 2. The van der Waals surface area contributed by atoms with Crippen molar-refractivity contribution in [3.05, 3.63) is 51.6 Å². The monoisotopic (exact) mass is 340 g/mol. The van der Waals surface area contributed by atoms with Crippen LogP contribution < -0.4 is 11.1 Å². The van der Waals surface area contributed by atoms with Crippen LogP contribution in [0.25, 0.3) is 0 Å². The molecule has 1 atom stereocenters. The summed E-state index contributed by atoms with van der Waals surface area (Å²) in [6, 6.07) is 8.67. The lowest BCUT2D eigenvalue weighted by Gasteiger charge is -2.17. The van der Waals surface area contributed by atoms with Crippen molar-refractivity contribution in [2.75, 3.05) is 19.0 Å². The van der Waals surface area contributed by atoms with Gasteiger partial charge in [-0.1, -0.05) is 35.3 Å². The molecule has 3 N–H and O–H groups in total. The predicted molar refractivity (Wildman–Crippen MR) is 85.3 cm³/mol. The number of nitrogens with zero attached hydrogens (tertiary/aromatic N) is 2. The molecule has 2 aromatic rings. The highest BCUT2D eigenvalue weighted by atomic mass is 35.5. The molecule has 1 aromatic heterocycles. The van der Waals surface area contributed by atoms with Gasteiger partial charge in [0.15, 0.2) is 11.0 Å². The molecule has 22 heavy (non-hydrogen) atoms. The Balaban J connectivity index is 2.16. The maximum Gasteiger partial charge on any atom is 0.252 e. The van der Waals surface area contributed by atoms with Gasteiger partial charge in [0.2, 0.25) is 0 Å². The van der Waals surface area contributed by atoms with Gasteiger partial charge < -0.3 is 15.8 Å². The summed E-state index contributed by atoms with van der Waals surface area (Å²) in [6.45, 7) is 0.355. The SMILES string of the molecule is COC(CNc1nnc(Cl)cc1C(N)=O)c1cccc(Cl)c1. The summed E-state index contributed by atoms with van der Waals surface area (Å²) in [5, 5.41) is 11.2. The molecule has 1 unspecified atom stereocenters. The number of anilines is 1. The smallest absolute Gasteiger partial charge is 0.252 e. The van der Waals surface area contributed by atoms with Crippen LogP contribution in [0.4, 0.5) is 5.82 Å². The van der Waals surface area contributed by atoms with E-state index in [-0.39, 0.29) is 22.6 Å². The van der Waals surface area contributed by atoms with Crippen molar-refractivity contribution in [2.45, 2.75) is 6.10 Å². The number of hydrogen-bond acceptors (Lipinski definition) is 5. The lowest BCUT2D eigenvalue weighted by Crippen LogP contribution is -2.20. The second-order valence-corrected chi connectivity index (χ2v) is 5.28. The fourth-order valence-corrected chi connectivity index (χ4v) is 2.27. The van der Waals surface area contributed by atoms with Gasteiger partial charge in [0.1, 0.15) is 0 Å². The zero-order chi connectivity index (χ0) is 16.1. The van der Waals surface area contributed by atoms with E-state index in [1.165, 1.54) is 6.07 Å². The van der Waals surface area contributed by atoms with Crippen LogP contribution in [0.2, 0.25) is 10.2 Å². The van der Waals surface area contributed by atoms with Crippen molar-refractivity contribution < 1.29 is 9.53 Å². The molecule has 0 bridgehead atoms. The number of carbonyl (C=O) groups is 1. The number of amides is 1. The summed E-state index contributed by atoms with van der Waals surface area (Å²) < 4.78 is 5.43. The Labute approximate surface area is 137 Å². The van der Waals surface area contributed by atoms with Crippen molar-refractivity contribution in [2.24, 2.45) is 5.73 Å². The minimum absolute atomic E-state index is 0.0949. The summed E-state index contributed by atoms with van der Waals surface area (Å²) in [7, 11) is 1.58. The number of methoxy groups -OCH3 is 1. The van der Waals surface area contributed by atoms with E-state index in [0.29, 0.717) is 11.6 Å². The Bertz CT molecular complexity index is 682. The highest BCUT2D eigenvalue weighted by molar-refractivity contribution is 6.30. The normalized spacial score (nSPS) is 12.0. The predicted octanol–water partition coefficient (Wildman–Crippen LogP) is 2.68. The second kappa shape index (κ2) is 7.40. The molecule has 0 spiro atoms. The molecule has 0 aliphatic heterocycles. The van der Waals surface area contributed by atoms with Crippen molar-refractivity contribution >= 4 is 34.9 Å². The van der Waals surface area contributed by atoms with Gasteiger partial charge in [-0.05, 0) is 23.8 Å². The minimum Gasteiger partial charge on any atom is -0.375 e. The van der Waals surface area contributed by atoms with E-state index < -0.39 is 5.91 Å². The Morgan fingerprint density at radius 2 is 2.14 bits per heavy atom. The third kappa shape index (κ3) is 4.07. The Kier molecular flexibility index (Phi) is 5.54. The zero-order valence-corrected chi connectivity index (χ0v) is 13.2. The summed E-state index contributed by atoms with van der Waals surface area (Å²) in [5.41, 5.74) is 6.36. The molecule has 1 aromatic carbocycles. The van der Waals surface area contributed by atoms with E-state index in [2.05, 4.69) is 15.5 Å². The second-order valence-electron chi connectivity index (χ2n) is 4.45. The first kappa shape index (κ1) is 16.5. The van der Waals surface area contributed by atoms with Crippen LogP contribution >= 0.6 is 23.2 Å². The molecule has 0 saturated carbocycles. The molecular weight excluding hydrogens is 327 g/mol. The van der Waals surface area contributed by atoms with Gasteiger partial charge >= 0.3 is 0 Å². The summed E-state index contributed by atoms with van der Waals surface area (Å²) >= 11 is 11.7. The molecule has 1 heterocycles. The standard InChI is InChI=1S/C14H14Cl2N4O2/c1-22-11(8-3-2-4-9(15)5-8)7-18-14-10(13(17)21)6-12(16)19-20-14/h2-6,11H,7H2,1H3,(H2,17,21)(H,18,20). The molecular formula is C14H14Cl2N4O2. The van der Waals surface area contributed by atoms with Crippen molar-refractivity contribution in [3.63, 3.8) is 0 Å². The maximum absolute atomic E-state index is 11.4. The number of carbonyl (C=O) groups excluding carboxylic acids is 1. The molecule has 0 saturated heterocycles. The van der Waals surface area contributed by atoms with Crippen LogP contribution in [0, 0.1) is 0 Å². The Hall–Kier alpha value is -1.89. The minimum atomic E-state index is -0.643. The first-order valence-electron chi connectivity index (χ1n) is 6.36. The van der Waals surface area contributed by atoms with E-state index >= 15 is 0 Å². The molecule has 0 aliphatic rings. The summed E-state index contributed by atoms with van der Waals surface area (Å²) in [5.74, 6) is -0.392. The number of nitrogens with two attached hydrogens (primary N) is 1. The van der Waals surface area contributed by atoms with Crippen molar-refractivity contribution in [1.82, 2.24) is 10.2 Å². The lowest BCUT2D eigenvalue weighted by molar-refractivity contribution is 0.0999. The molecule has 116 valence electrons. The van der Waals surface area contributed by atoms with E-state index in [1.54, 1.807) is 19.2 Å². The van der Waals surface area contributed by atoms with Crippen LogP contribution in [-0.4, -0.2) is 29.8 Å². The number of primary amides is 1. The summed E-state index contributed by atoms with van der Waals surface area (Å²) in [6.07, 6.45) is -0.281. The first-order valence-corrected chi connectivity index (χ1v) is 7.12. The average Bonchev–Trinajstić information content (AvgIpc) is 2.49. The fraction of sp³-hybridized carbons (Fsp3) is 0.214. The van der Waals surface area contributed by atoms with Crippen LogP contribution in [0.15, 0.2) is 30.3 Å². The van der Waals surface area contributed by atoms with Gasteiger partial charge in [-0.15, -0.1) is 10.2 Å². The van der Waals surface area contributed by atoms with E-state index in [0.717, 1.165) is 5.56 Å². The summed E-state index contributed by atoms with van der Waals surface area (Å²) in [4.78, 5) is 11.4. The van der Waals surface area contributed by atoms with Gasteiger partial charge in [0.25, 0.3) is 5.91 Å². The number of aromatic nitrogens is 2. The first-order chi connectivity index (χ1) is 10.5. The zero-order valence-electron chi connectivity index (χ0n) is 11.7. The van der Waals surface area contributed by atoms with Crippen LogP contribution in [0.5, 0.6) is 0 Å². The largest absolute Gasteiger partial charge is 0.375 e. The van der Waals surface area contributed by atoms with Gasteiger partial charge in [-0.25, -0.2) is 0 Å². The van der Waals surface area contributed by atoms with Gasteiger partial charge in [-0.3, -0.25) is 4.79 Å². The van der Waals surface area contributed by atoms with Crippen molar-refractivity contribution in [3.8, 4) is 0 Å². The number of halogens is 2. The van der Waals surface area contributed by atoms with Gasteiger partial charge in [0, 0.05) is 18.7 Å². The Morgan fingerprint density at radius 3 is 2.77 bits per heavy atom. The third-order valence-electron chi connectivity index (χ3n) is 2.99. The van der Waals surface area contributed by atoms with Gasteiger partial charge in [0.05, 0.1) is 11.7 Å². The average molecular weight is 341 g/mol. The topological polar surface area (TPSA) is 90.1 Å². The molecule has 0 radical (unpaired) electrons. The molecule has 6 nitrogen and oxygen atoms in total. The van der Waals surface area contributed by atoms with E-state index in [4.69, 9.17) is 33.7 Å².